The molecule has 9 heteroatoms. The van der Waals surface area contributed by atoms with Crippen LogP contribution in [-0.4, -0.2) is 48.5 Å². The Labute approximate surface area is 211 Å². The van der Waals surface area contributed by atoms with E-state index in [9.17, 15) is 14.4 Å². The molecule has 0 saturated carbocycles. The lowest BCUT2D eigenvalue weighted by molar-refractivity contribution is -0.143. The molecular formula is C26H33ClN4O4. The summed E-state index contributed by atoms with van der Waals surface area (Å²) in [6.45, 7) is 4.53. The van der Waals surface area contributed by atoms with Crippen LogP contribution in [0.25, 0.3) is 0 Å². The van der Waals surface area contributed by atoms with Crippen LogP contribution in [0.5, 0.6) is 0 Å². The van der Waals surface area contributed by atoms with E-state index in [-0.39, 0.29) is 25.0 Å². The number of hydrogen-bond donors (Lipinski definition) is 3. The average Bonchev–Trinajstić information content (AvgIpc) is 2.87. The van der Waals surface area contributed by atoms with Gasteiger partial charge in [0.05, 0.1) is 11.5 Å². The quantitative estimate of drug-likeness (QED) is 0.511. The molecule has 8 nitrogen and oxygen atoms in total. The fourth-order valence-electron chi connectivity index (χ4n) is 4.07. The van der Waals surface area contributed by atoms with Gasteiger partial charge < -0.3 is 20.7 Å². The minimum Gasteiger partial charge on any atom is -0.448 e. The zero-order chi connectivity index (χ0) is 25.4. The van der Waals surface area contributed by atoms with Gasteiger partial charge in [-0.05, 0) is 55.5 Å². The number of carbonyl (C=O) groups is 3. The number of carbonyl (C=O) groups excluding carboxylic acids is 3. The Kier molecular flexibility index (Phi) is 9.12. The highest BCUT2D eigenvalue weighted by Crippen LogP contribution is 2.33. The highest BCUT2D eigenvalue weighted by atomic mass is 35.5. The summed E-state index contributed by atoms with van der Waals surface area (Å²) in [6, 6.07) is 14.1. The molecule has 3 amide bonds. The number of nitrogens with two attached hydrogens (primary N) is 1. The molecule has 0 radical (unpaired) electrons. The third-order valence-electron chi connectivity index (χ3n) is 6.39. The summed E-state index contributed by atoms with van der Waals surface area (Å²) in [5, 5.41) is 6.20. The average molecular weight is 501 g/mol. The molecule has 1 aliphatic heterocycles. The normalized spacial score (nSPS) is 15.7. The van der Waals surface area contributed by atoms with Gasteiger partial charge in [0, 0.05) is 30.3 Å². The molecule has 0 aromatic heterocycles. The van der Waals surface area contributed by atoms with Gasteiger partial charge in [-0.15, -0.1) is 0 Å². The van der Waals surface area contributed by atoms with Gasteiger partial charge in [-0.1, -0.05) is 48.9 Å². The number of anilines is 1. The van der Waals surface area contributed by atoms with Crippen LogP contribution in [0.1, 0.15) is 37.8 Å². The van der Waals surface area contributed by atoms with Crippen LogP contribution in [0.3, 0.4) is 0 Å². The van der Waals surface area contributed by atoms with Gasteiger partial charge in [0.25, 0.3) is 0 Å². The van der Waals surface area contributed by atoms with E-state index < -0.39 is 17.6 Å². The zero-order valence-corrected chi connectivity index (χ0v) is 20.9. The van der Waals surface area contributed by atoms with Gasteiger partial charge in [0.1, 0.15) is 6.61 Å². The van der Waals surface area contributed by atoms with Gasteiger partial charge in [-0.25, -0.2) is 4.79 Å². The molecule has 2 aromatic rings. The van der Waals surface area contributed by atoms with E-state index in [0.717, 1.165) is 17.5 Å². The number of halogens is 1. The molecule has 188 valence electrons. The van der Waals surface area contributed by atoms with Crippen molar-refractivity contribution in [3.63, 3.8) is 0 Å². The Morgan fingerprint density at radius 3 is 2.37 bits per heavy atom. The maximum Gasteiger partial charge on any atom is 0.411 e. The maximum absolute atomic E-state index is 13.4. The van der Waals surface area contributed by atoms with Crippen LogP contribution in [0.15, 0.2) is 48.5 Å². The van der Waals surface area contributed by atoms with Crippen molar-refractivity contribution in [2.24, 2.45) is 11.1 Å². The number of benzene rings is 2. The first-order chi connectivity index (χ1) is 16.7. The number of rotatable bonds is 8. The molecule has 1 saturated heterocycles. The topological polar surface area (TPSA) is 114 Å². The third-order valence-corrected chi connectivity index (χ3v) is 6.76. The van der Waals surface area contributed by atoms with E-state index >= 15 is 0 Å². The molecule has 4 N–H and O–H groups in total. The van der Waals surface area contributed by atoms with E-state index in [4.69, 9.17) is 22.1 Å². The van der Waals surface area contributed by atoms with E-state index in [2.05, 4.69) is 17.6 Å². The molecule has 35 heavy (non-hydrogen) atoms. The number of ether oxygens (including phenoxy) is 1. The fraction of sp³-hybridized carbons (Fsp3) is 0.423. The lowest BCUT2D eigenvalue weighted by Crippen LogP contribution is -2.54. The van der Waals surface area contributed by atoms with Crippen LogP contribution >= 0.6 is 11.6 Å². The minimum absolute atomic E-state index is 0.111. The molecule has 1 aliphatic rings. The molecule has 2 aromatic carbocycles. The summed E-state index contributed by atoms with van der Waals surface area (Å²) >= 11 is 6.23. The number of piperidine rings is 1. The van der Waals surface area contributed by atoms with Crippen LogP contribution in [0, 0.1) is 5.41 Å². The number of likely N-dealkylation sites (tertiary alicyclic amines) is 1. The standard InChI is InChI=1S/C26H33ClN4O4/c1-3-19-8-10-21(11-9-19)30-25(34)35-17-26(12-14-31(15-13-26)23(32)18(2)28)24(33)29-16-20-6-4-5-7-22(20)27/h4-11,18H,3,12-17,28H2,1-2H3,(H,29,33)(H,30,34)/t18-/m0/s1. The second-order valence-electron chi connectivity index (χ2n) is 8.92. The van der Waals surface area contributed by atoms with Gasteiger partial charge in [0.15, 0.2) is 0 Å². The number of nitrogens with zero attached hydrogens (tertiary/aromatic N) is 1. The van der Waals surface area contributed by atoms with Gasteiger partial charge in [-0.3, -0.25) is 14.9 Å². The van der Waals surface area contributed by atoms with Gasteiger partial charge >= 0.3 is 6.09 Å². The van der Waals surface area contributed by atoms with Crippen molar-refractivity contribution < 1.29 is 19.1 Å². The summed E-state index contributed by atoms with van der Waals surface area (Å²) in [5.41, 5.74) is 7.34. The monoisotopic (exact) mass is 500 g/mol. The number of aryl methyl sites for hydroxylation is 1. The summed E-state index contributed by atoms with van der Waals surface area (Å²) in [5.74, 6) is -0.408. The molecule has 0 unspecified atom stereocenters. The lowest BCUT2D eigenvalue weighted by Gasteiger charge is -2.40. The number of amides is 3. The van der Waals surface area contributed by atoms with Crippen molar-refractivity contribution in [1.82, 2.24) is 10.2 Å². The maximum atomic E-state index is 13.4. The highest BCUT2D eigenvalue weighted by molar-refractivity contribution is 6.31. The summed E-state index contributed by atoms with van der Waals surface area (Å²) in [7, 11) is 0. The Bertz CT molecular complexity index is 1030. The van der Waals surface area contributed by atoms with Crippen LogP contribution in [-0.2, 0) is 27.3 Å². The van der Waals surface area contributed by atoms with E-state index in [1.807, 2.05) is 42.5 Å². The van der Waals surface area contributed by atoms with E-state index in [1.165, 1.54) is 0 Å². The van der Waals surface area contributed by atoms with Crippen LogP contribution in [0.4, 0.5) is 10.5 Å². The van der Waals surface area contributed by atoms with Crippen molar-refractivity contribution in [3.05, 3.63) is 64.7 Å². The fourth-order valence-corrected chi connectivity index (χ4v) is 4.27. The molecule has 3 rings (SSSR count). The molecule has 0 bridgehead atoms. The van der Waals surface area contributed by atoms with Gasteiger partial charge in [0.2, 0.25) is 11.8 Å². The Morgan fingerprint density at radius 1 is 1.11 bits per heavy atom. The predicted molar refractivity (Wildman–Crippen MR) is 136 cm³/mol. The molecule has 1 fully saturated rings. The molecule has 1 heterocycles. The Morgan fingerprint density at radius 2 is 1.77 bits per heavy atom. The minimum atomic E-state index is -0.973. The first-order valence-electron chi connectivity index (χ1n) is 11.8. The van der Waals surface area contributed by atoms with E-state index in [0.29, 0.717) is 36.6 Å². The van der Waals surface area contributed by atoms with Crippen molar-refractivity contribution in [2.75, 3.05) is 25.0 Å². The van der Waals surface area contributed by atoms with Crippen LogP contribution < -0.4 is 16.4 Å². The molecule has 0 aliphatic carbocycles. The summed E-state index contributed by atoms with van der Waals surface area (Å²) in [6.07, 6.45) is 0.955. The number of hydrogen-bond acceptors (Lipinski definition) is 5. The van der Waals surface area contributed by atoms with Gasteiger partial charge in [-0.2, -0.15) is 0 Å². The molecule has 0 spiro atoms. The first kappa shape index (κ1) is 26.5. The predicted octanol–water partition coefficient (Wildman–Crippen LogP) is 3.72. The zero-order valence-electron chi connectivity index (χ0n) is 20.2. The highest BCUT2D eigenvalue weighted by Gasteiger charge is 2.43. The summed E-state index contributed by atoms with van der Waals surface area (Å²) < 4.78 is 5.52. The second kappa shape index (κ2) is 12.0. The summed E-state index contributed by atoms with van der Waals surface area (Å²) in [4.78, 5) is 39.8. The largest absolute Gasteiger partial charge is 0.448 e. The van der Waals surface area contributed by atoms with Crippen molar-refractivity contribution in [3.8, 4) is 0 Å². The third kappa shape index (κ3) is 6.96. The molecule has 1 atom stereocenters. The van der Waals surface area contributed by atoms with Crippen molar-refractivity contribution in [1.29, 1.82) is 0 Å². The SMILES string of the molecule is CCc1ccc(NC(=O)OCC2(C(=O)NCc3ccccc3Cl)CCN(C(=O)[C@H](C)N)CC2)cc1. The van der Waals surface area contributed by atoms with Crippen molar-refractivity contribution >= 4 is 35.2 Å². The lowest BCUT2D eigenvalue weighted by atomic mass is 9.78. The number of nitrogens with one attached hydrogen (secondary N) is 2. The smallest absolute Gasteiger partial charge is 0.411 e. The Balaban J connectivity index is 1.67. The first-order valence-corrected chi connectivity index (χ1v) is 12.2. The van der Waals surface area contributed by atoms with E-state index in [1.54, 1.807) is 17.9 Å². The Hall–Kier alpha value is -3.10. The molecular weight excluding hydrogens is 468 g/mol. The second-order valence-corrected chi connectivity index (χ2v) is 9.33. The van der Waals surface area contributed by atoms with Crippen molar-refractivity contribution in [2.45, 2.75) is 45.7 Å². The van der Waals surface area contributed by atoms with Crippen LogP contribution in [0.2, 0.25) is 5.02 Å².